The van der Waals surface area contributed by atoms with Crippen molar-refractivity contribution >= 4 is 17.8 Å². The van der Waals surface area contributed by atoms with Crippen LogP contribution in [0.3, 0.4) is 0 Å². The van der Waals surface area contributed by atoms with E-state index in [1.165, 1.54) is 40.1 Å². The second kappa shape index (κ2) is 7.80. The molecule has 146 valence electrons. The molecule has 0 radical (unpaired) electrons. The molecule has 1 aliphatic rings. The van der Waals surface area contributed by atoms with Crippen LogP contribution in [0.15, 0.2) is 65.8 Å². The summed E-state index contributed by atoms with van der Waals surface area (Å²) in [7, 11) is 0. The number of phenols is 1. The van der Waals surface area contributed by atoms with Crippen LogP contribution in [0.5, 0.6) is 5.75 Å². The Labute approximate surface area is 170 Å². The molecule has 0 saturated heterocycles. The number of carbonyl (C=O) groups is 1. The number of aromatic hydroxyl groups is 1. The van der Waals surface area contributed by atoms with Crippen molar-refractivity contribution in [2.45, 2.75) is 26.9 Å². The van der Waals surface area contributed by atoms with Gasteiger partial charge in [0.15, 0.2) is 0 Å². The van der Waals surface area contributed by atoms with Gasteiger partial charge in [0.25, 0.3) is 5.91 Å². The van der Waals surface area contributed by atoms with Crippen LogP contribution in [0.4, 0.5) is 5.69 Å². The molecule has 0 saturated carbocycles. The second-order valence-corrected chi connectivity index (χ2v) is 7.40. The summed E-state index contributed by atoms with van der Waals surface area (Å²) in [5.74, 6) is -0.199. The molecule has 0 atom stereocenters. The van der Waals surface area contributed by atoms with Gasteiger partial charge in [-0.25, -0.2) is 5.43 Å². The number of anilines is 1. The van der Waals surface area contributed by atoms with Gasteiger partial charge < -0.3 is 10.0 Å². The minimum absolute atomic E-state index is 0.122. The quantitative estimate of drug-likeness (QED) is 0.520. The molecule has 0 unspecified atom stereocenters. The Bertz CT molecular complexity index is 1040. The largest absolute Gasteiger partial charge is 0.508 e. The summed E-state index contributed by atoms with van der Waals surface area (Å²) < 4.78 is 0. The molecule has 5 heteroatoms. The first kappa shape index (κ1) is 18.7. The summed E-state index contributed by atoms with van der Waals surface area (Å²) in [4.78, 5) is 14.4. The fourth-order valence-electron chi connectivity index (χ4n) is 3.49. The van der Waals surface area contributed by atoms with E-state index in [1.807, 2.05) is 12.1 Å². The Kier molecular flexibility index (Phi) is 5.04. The summed E-state index contributed by atoms with van der Waals surface area (Å²) in [6, 6.07) is 18.8. The summed E-state index contributed by atoms with van der Waals surface area (Å²) in [6.45, 7) is 6.17. The van der Waals surface area contributed by atoms with E-state index in [2.05, 4.69) is 53.5 Å². The van der Waals surface area contributed by atoms with Crippen LogP contribution in [0, 0.1) is 13.8 Å². The lowest BCUT2D eigenvalue weighted by atomic mass is 10.0. The fraction of sp³-hybridized carbons (Fsp3) is 0.167. The molecule has 4 rings (SSSR count). The smallest absolute Gasteiger partial charge is 0.271 e. The Hall–Kier alpha value is -3.60. The van der Waals surface area contributed by atoms with Crippen molar-refractivity contribution in [3.63, 3.8) is 0 Å². The zero-order valence-electron chi connectivity index (χ0n) is 16.5. The van der Waals surface area contributed by atoms with Crippen molar-refractivity contribution in [2.24, 2.45) is 5.10 Å². The second-order valence-electron chi connectivity index (χ2n) is 7.40. The zero-order valence-corrected chi connectivity index (χ0v) is 16.5. The SMILES string of the molecule is Cc1cc2c(cc1C)CN(c1ccc(/C=N\NC(=O)c3ccc(O)cc3)cc1)C2. The van der Waals surface area contributed by atoms with Gasteiger partial charge in [-0.1, -0.05) is 24.3 Å². The number of benzene rings is 3. The molecule has 1 heterocycles. The molecule has 0 aromatic heterocycles. The summed E-state index contributed by atoms with van der Waals surface area (Å²) in [6.07, 6.45) is 1.62. The number of hydrazone groups is 1. The van der Waals surface area contributed by atoms with Gasteiger partial charge in [-0.2, -0.15) is 5.10 Å². The average molecular weight is 385 g/mol. The van der Waals surface area contributed by atoms with Crippen LogP contribution < -0.4 is 10.3 Å². The van der Waals surface area contributed by atoms with Crippen molar-refractivity contribution in [3.8, 4) is 5.75 Å². The van der Waals surface area contributed by atoms with Crippen LogP contribution in [-0.2, 0) is 13.1 Å². The summed E-state index contributed by atoms with van der Waals surface area (Å²) >= 11 is 0. The molecule has 0 bridgehead atoms. The van der Waals surface area contributed by atoms with E-state index in [0.717, 1.165) is 18.7 Å². The molecule has 29 heavy (non-hydrogen) atoms. The first-order chi connectivity index (χ1) is 14.0. The van der Waals surface area contributed by atoms with Crippen molar-refractivity contribution in [1.29, 1.82) is 0 Å². The van der Waals surface area contributed by atoms with E-state index < -0.39 is 0 Å². The number of aryl methyl sites for hydroxylation is 2. The lowest BCUT2D eigenvalue weighted by Gasteiger charge is -2.17. The molecule has 3 aromatic carbocycles. The number of phenolic OH excluding ortho intramolecular Hbond substituents is 1. The average Bonchev–Trinajstić information content (AvgIpc) is 3.12. The van der Waals surface area contributed by atoms with Gasteiger partial charge in [0.1, 0.15) is 5.75 Å². The predicted octanol–water partition coefficient (Wildman–Crippen LogP) is 4.29. The van der Waals surface area contributed by atoms with Crippen LogP contribution in [0.25, 0.3) is 0 Å². The van der Waals surface area contributed by atoms with E-state index in [9.17, 15) is 9.90 Å². The molecule has 2 N–H and O–H groups in total. The highest BCUT2D eigenvalue weighted by molar-refractivity contribution is 5.95. The maximum Gasteiger partial charge on any atom is 0.271 e. The minimum atomic E-state index is -0.321. The van der Waals surface area contributed by atoms with E-state index in [4.69, 9.17) is 0 Å². The lowest BCUT2D eigenvalue weighted by Crippen LogP contribution is -2.17. The van der Waals surface area contributed by atoms with Crippen LogP contribution in [0.2, 0.25) is 0 Å². The van der Waals surface area contributed by atoms with Gasteiger partial charge in [0.2, 0.25) is 0 Å². The van der Waals surface area contributed by atoms with Crippen molar-refractivity contribution in [1.82, 2.24) is 5.43 Å². The van der Waals surface area contributed by atoms with E-state index >= 15 is 0 Å². The highest BCUT2D eigenvalue weighted by Gasteiger charge is 2.19. The normalized spacial score (nSPS) is 13.0. The number of hydrogen-bond acceptors (Lipinski definition) is 4. The van der Waals surface area contributed by atoms with Gasteiger partial charge in [-0.3, -0.25) is 4.79 Å². The number of amides is 1. The van der Waals surface area contributed by atoms with Gasteiger partial charge in [-0.05, 0) is 78.1 Å². The molecule has 3 aromatic rings. The number of fused-ring (bicyclic) bond motifs is 1. The monoisotopic (exact) mass is 385 g/mol. The first-order valence-corrected chi connectivity index (χ1v) is 9.56. The van der Waals surface area contributed by atoms with Crippen LogP contribution in [-0.4, -0.2) is 17.2 Å². The zero-order chi connectivity index (χ0) is 20.4. The Morgan fingerprint density at radius 3 is 2.14 bits per heavy atom. The number of nitrogens with zero attached hydrogens (tertiary/aromatic N) is 2. The summed E-state index contributed by atoms with van der Waals surface area (Å²) in [5, 5.41) is 13.3. The van der Waals surface area contributed by atoms with Crippen LogP contribution in [0.1, 0.15) is 38.2 Å². The van der Waals surface area contributed by atoms with E-state index in [0.29, 0.717) is 5.56 Å². The number of rotatable bonds is 4. The van der Waals surface area contributed by atoms with Gasteiger partial charge in [0, 0.05) is 24.3 Å². The molecule has 1 aliphatic heterocycles. The van der Waals surface area contributed by atoms with Crippen LogP contribution >= 0.6 is 0 Å². The molecule has 0 aliphatic carbocycles. The lowest BCUT2D eigenvalue weighted by molar-refractivity contribution is 0.0955. The third-order valence-corrected chi connectivity index (χ3v) is 5.31. The molecule has 1 amide bonds. The van der Waals surface area contributed by atoms with Crippen molar-refractivity contribution in [3.05, 3.63) is 94.0 Å². The van der Waals surface area contributed by atoms with Crippen molar-refractivity contribution < 1.29 is 9.90 Å². The third-order valence-electron chi connectivity index (χ3n) is 5.31. The summed E-state index contributed by atoms with van der Waals surface area (Å²) in [5.41, 5.74) is 10.5. The maximum absolute atomic E-state index is 12.0. The Morgan fingerprint density at radius 2 is 1.55 bits per heavy atom. The number of hydrogen-bond donors (Lipinski definition) is 2. The van der Waals surface area contributed by atoms with Gasteiger partial charge in [0.05, 0.1) is 6.21 Å². The first-order valence-electron chi connectivity index (χ1n) is 9.56. The Balaban J connectivity index is 1.38. The maximum atomic E-state index is 12.0. The molecule has 0 fully saturated rings. The number of nitrogens with one attached hydrogen (secondary N) is 1. The molecular weight excluding hydrogens is 362 g/mol. The van der Waals surface area contributed by atoms with Gasteiger partial charge in [-0.15, -0.1) is 0 Å². The standard InChI is InChI=1S/C24H23N3O2/c1-16-11-20-14-27(15-21(20)12-17(16)2)22-7-3-18(4-8-22)13-25-26-24(29)19-5-9-23(28)10-6-19/h3-13,28H,14-15H2,1-2H3,(H,26,29)/b25-13-. The number of carbonyl (C=O) groups excluding carboxylic acids is 1. The highest BCUT2D eigenvalue weighted by atomic mass is 16.3. The highest BCUT2D eigenvalue weighted by Crippen LogP contribution is 2.30. The fourth-order valence-corrected chi connectivity index (χ4v) is 3.49. The Morgan fingerprint density at radius 1 is 0.966 bits per heavy atom. The molecule has 5 nitrogen and oxygen atoms in total. The molecule has 0 spiro atoms. The topological polar surface area (TPSA) is 64.9 Å². The van der Waals surface area contributed by atoms with E-state index in [1.54, 1.807) is 18.3 Å². The third kappa shape index (κ3) is 4.14. The minimum Gasteiger partial charge on any atom is -0.508 e. The van der Waals surface area contributed by atoms with Gasteiger partial charge >= 0.3 is 0 Å². The van der Waals surface area contributed by atoms with E-state index in [-0.39, 0.29) is 11.7 Å². The molecular formula is C24H23N3O2. The van der Waals surface area contributed by atoms with Crippen molar-refractivity contribution in [2.75, 3.05) is 4.90 Å². The predicted molar refractivity (Wildman–Crippen MR) is 115 cm³/mol.